The van der Waals surface area contributed by atoms with Crippen LogP contribution in [0.15, 0.2) is 24.3 Å². The van der Waals surface area contributed by atoms with Gasteiger partial charge in [0, 0.05) is 25.2 Å². The number of phenolic OH excluding ortho intramolecular Hbond substituents is 1. The van der Waals surface area contributed by atoms with Gasteiger partial charge in [-0.05, 0) is 25.3 Å². The molecule has 0 unspecified atom stereocenters. The third-order valence-electron chi connectivity index (χ3n) is 5.66. The highest BCUT2D eigenvalue weighted by molar-refractivity contribution is 5.81. The molecule has 0 aliphatic rings. The number of benzene rings is 1. The molecule has 0 saturated heterocycles. The van der Waals surface area contributed by atoms with E-state index < -0.39 is 0 Å². The molecule has 182 valence electrons. The van der Waals surface area contributed by atoms with Crippen molar-refractivity contribution in [3.05, 3.63) is 29.8 Å². The third-order valence-corrected chi connectivity index (χ3v) is 5.66. The maximum atomic E-state index is 12.7. The Morgan fingerprint density at radius 2 is 1.53 bits per heavy atom. The topological polar surface area (TPSA) is 123 Å². The van der Waals surface area contributed by atoms with Crippen LogP contribution in [-0.2, 0) is 11.3 Å². The SMILES string of the molecule is CCCCCCCCCCCCNC(=O)[C@H](CCCNC(=N)N)NCc1ccccc1O. The smallest absolute Gasteiger partial charge is 0.237 e. The third kappa shape index (κ3) is 13.9. The number of carbonyl (C=O) groups is 1. The minimum Gasteiger partial charge on any atom is -0.508 e. The highest BCUT2D eigenvalue weighted by atomic mass is 16.3. The summed E-state index contributed by atoms with van der Waals surface area (Å²) in [7, 11) is 0. The molecule has 1 aromatic carbocycles. The normalized spacial score (nSPS) is 11.8. The van der Waals surface area contributed by atoms with E-state index in [1.807, 2.05) is 12.1 Å². The molecular weight excluding hydrogens is 402 g/mol. The first-order valence-corrected chi connectivity index (χ1v) is 12.4. The molecule has 0 bridgehead atoms. The molecular formula is C25H45N5O2. The van der Waals surface area contributed by atoms with Gasteiger partial charge in [-0.15, -0.1) is 0 Å². The first kappa shape index (κ1) is 27.8. The fourth-order valence-corrected chi connectivity index (χ4v) is 3.70. The lowest BCUT2D eigenvalue weighted by atomic mass is 10.1. The van der Waals surface area contributed by atoms with E-state index in [1.165, 1.54) is 51.4 Å². The summed E-state index contributed by atoms with van der Waals surface area (Å²) < 4.78 is 0. The summed E-state index contributed by atoms with van der Waals surface area (Å²) in [6, 6.07) is 6.79. The minimum atomic E-state index is -0.355. The van der Waals surface area contributed by atoms with Gasteiger partial charge in [0.15, 0.2) is 5.96 Å². The Morgan fingerprint density at radius 1 is 0.938 bits per heavy atom. The first-order valence-electron chi connectivity index (χ1n) is 12.4. The van der Waals surface area contributed by atoms with Gasteiger partial charge in [0.1, 0.15) is 5.75 Å². The van der Waals surface area contributed by atoms with Crippen LogP contribution in [0.3, 0.4) is 0 Å². The van der Waals surface area contributed by atoms with Gasteiger partial charge < -0.3 is 26.8 Å². The molecule has 1 amide bonds. The Bertz CT molecular complexity index is 639. The maximum absolute atomic E-state index is 12.7. The number of nitrogens with two attached hydrogens (primary N) is 1. The van der Waals surface area contributed by atoms with Gasteiger partial charge >= 0.3 is 0 Å². The number of carbonyl (C=O) groups excluding carboxylic acids is 1. The van der Waals surface area contributed by atoms with E-state index in [1.54, 1.807) is 12.1 Å². The number of hydrogen-bond donors (Lipinski definition) is 6. The number of phenols is 1. The zero-order chi connectivity index (χ0) is 23.4. The average molecular weight is 448 g/mol. The highest BCUT2D eigenvalue weighted by Crippen LogP contribution is 2.15. The molecule has 1 atom stereocenters. The van der Waals surface area contributed by atoms with Crippen molar-refractivity contribution in [1.29, 1.82) is 5.41 Å². The van der Waals surface area contributed by atoms with Crippen LogP contribution in [-0.4, -0.2) is 36.1 Å². The summed E-state index contributed by atoms with van der Waals surface area (Å²) in [5, 5.41) is 26.3. The van der Waals surface area contributed by atoms with Crippen molar-refractivity contribution in [3.8, 4) is 5.75 Å². The number of aromatic hydroxyl groups is 1. The average Bonchev–Trinajstić information content (AvgIpc) is 2.77. The van der Waals surface area contributed by atoms with E-state index in [9.17, 15) is 9.90 Å². The number of unbranched alkanes of at least 4 members (excludes halogenated alkanes) is 9. The fourth-order valence-electron chi connectivity index (χ4n) is 3.70. The molecule has 0 aromatic heterocycles. The van der Waals surface area contributed by atoms with Crippen molar-refractivity contribution in [2.24, 2.45) is 5.73 Å². The molecule has 7 nitrogen and oxygen atoms in total. The maximum Gasteiger partial charge on any atom is 0.237 e. The van der Waals surface area contributed by atoms with Gasteiger partial charge in [0.05, 0.1) is 6.04 Å². The van der Waals surface area contributed by atoms with Gasteiger partial charge in [-0.2, -0.15) is 0 Å². The van der Waals surface area contributed by atoms with Crippen LogP contribution in [0.1, 0.15) is 89.5 Å². The molecule has 0 heterocycles. The van der Waals surface area contributed by atoms with Crippen LogP contribution in [0.25, 0.3) is 0 Å². The summed E-state index contributed by atoms with van der Waals surface area (Å²) >= 11 is 0. The number of para-hydroxylation sites is 1. The summed E-state index contributed by atoms with van der Waals surface area (Å²) in [4.78, 5) is 12.7. The van der Waals surface area contributed by atoms with E-state index in [-0.39, 0.29) is 23.7 Å². The quantitative estimate of drug-likeness (QED) is 0.108. The van der Waals surface area contributed by atoms with E-state index in [0.717, 1.165) is 18.4 Å². The zero-order valence-corrected chi connectivity index (χ0v) is 19.9. The Morgan fingerprint density at radius 3 is 2.16 bits per heavy atom. The van der Waals surface area contributed by atoms with Crippen molar-refractivity contribution in [1.82, 2.24) is 16.0 Å². The predicted octanol–water partition coefficient (Wildman–Crippen LogP) is 4.15. The highest BCUT2D eigenvalue weighted by Gasteiger charge is 2.17. The van der Waals surface area contributed by atoms with Crippen LogP contribution in [0.4, 0.5) is 0 Å². The van der Waals surface area contributed by atoms with E-state index in [2.05, 4.69) is 22.9 Å². The number of nitrogens with one attached hydrogen (secondary N) is 4. The van der Waals surface area contributed by atoms with Gasteiger partial charge in [-0.25, -0.2) is 0 Å². The predicted molar refractivity (Wildman–Crippen MR) is 133 cm³/mol. The van der Waals surface area contributed by atoms with E-state index >= 15 is 0 Å². The number of rotatable bonds is 19. The standard InChI is InChI=1S/C25H45N5O2/c1-2-3-4-5-6-7-8-9-10-13-18-28-24(32)22(16-14-19-29-25(26)27)30-20-21-15-11-12-17-23(21)31/h11-12,15,17,22,30-31H,2-10,13-14,16,18-20H2,1H3,(H,28,32)(H4,26,27,29)/t22-/m0/s1. The van der Waals surface area contributed by atoms with Gasteiger partial charge in [0.2, 0.25) is 5.91 Å². The van der Waals surface area contributed by atoms with Crippen LogP contribution in [0.2, 0.25) is 0 Å². The fraction of sp³-hybridized carbons (Fsp3) is 0.680. The molecule has 0 saturated carbocycles. The number of hydrogen-bond acceptors (Lipinski definition) is 4. The molecule has 0 fully saturated rings. The van der Waals surface area contributed by atoms with Gasteiger partial charge in [-0.3, -0.25) is 10.2 Å². The molecule has 0 spiro atoms. The van der Waals surface area contributed by atoms with Crippen LogP contribution < -0.4 is 21.7 Å². The van der Waals surface area contributed by atoms with Crippen LogP contribution in [0, 0.1) is 5.41 Å². The minimum absolute atomic E-state index is 0.0147. The molecule has 0 aliphatic heterocycles. The Kier molecular flexibility index (Phi) is 15.9. The summed E-state index contributed by atoms with van der Waals surface area (Å²) in [5.74, 6) is 0.149. The lowest BCUT2D eigenvalue weighted by Crippen LogP contribution is -2.44. The van der Waals surface area contributed by atoms with Gasteiger partial charge in [-0.1, -0.05) is 82.9 Å². The number of guanidine groups is 1. The summed E-state index contributed by atoms with van der Waals surface area (Å²) in [6.45, 7) is 3.91. The summed E-state index contributed by atoms with van der Waals surface area (Å²) in [6.07, 6.45) is 14.1. The van der Waals surface area contributed by atoms with Crippen molar-refractivity contribution in [2.45, 2.75) is 96.6 Å². The second kappa shape index (κ2) is 18.3. The molecule has 0 radical (unpaired) electrons. The Balaban J connectivity index is 2.28. The Labute approximate surface area is 194 Å². The van der Waals surface area contributed by atoms with Crippen molar-refractivity contribution < 1.29 is 9.90 Å². The molecule has 7 heteroatoms. The second-order valence-corrected chi connectivity index (χ2v) is 8.52. The van der Waals surface area contributed by atoms with Crippen LogP contribution in [0.5, 0.6) is 5.75 Å². The van der Waals surface area contributed by atoms with Crippen molar-refractivity contribution >= 4 is 11.9 Å². The van der Waals surface area contributed by atoms with E-state index in [0.29, 0.717) is 32.5 Å². The molecule has 7 N–H and O–H groups in total. The first-order chi connectivity index (χ1) is 15.5. The number of amides is 1. The molecule has 32 heavy (non-hydrogen) atoms. The Hall–Kier alpha value is -2.28. The lowest BCUT2D eigenvalue weighted by Gasteiger charge is -2.19. The monoisotopic (exact) mass is 447 g/mol. The van der Waals surface area contributed by atoms with Crippen molar-refractivity contribution in [3.63, 3.8) is 0 Å². The lowest BCUT2D eigenvalue weighted by molar-refractivity contribution is -0.123. The molecule has 1 rings (SSSR count). The largest absolute Gasteiger partial charge is 0.508 e. The second-order valence-electron chi connectivity index (χ2n) is 8.52. The summed E-state index contributed by atoms with van der Waals surface area (Å²) in [5.41, 5.74) is 6.09. The van der Waals surface area contributed by atoms with Crippen LogP contribution >= 0.6 is 0 Å². The van der Waals surface area contributed by atoms with Gasteiger partial charge in [0.25, 0.3) is 0 Å². The zero-order valence-electron chi connectivity index (χ0n) is 19.9. The molecule has 1 aromatic rings. The van der Waals surface area contributed by atoms with E-state index in [4.69, 9.17) is 11.1 Å². The molecule has 0 aliphatic carbocycles. The van der Waals surface area contributed by atoms with Crippen molar-refractivity contribution in [2.75, 3.05) is 13.1 Å².